The van der Waals surface area contributed by atoms with E-state index in [1.165, 1.54) is 0 Å². The summed E-state index contributed by atoms with van der Waals surface area (Å²) in [5, 5.41) is 8.03. The van der Waals surface area contributed by atoms with Gasteiger partial charge in [-0.25, -0.2) is 0 Å². The molecule has 0 saturated heterocycles. The summed E-state index contributed by atoms with van der Waals surface area (Å²) in [5.74, 6) is 5.49. The van der Waals surface area contributed by atoms with Crippen molar-refractivity contribution in [3.05, 3.63) is 23.0 Å². The second kappa shape index (κ2) is 5.75. The van der Waals surface area contributed by atoms with Crippen molar-refractivity contribution >= 4 is 0 Å². The summed E-state index contributed by atoms with van der Waals surface area (Å²) in [7, 11) is 0. The summed E-state index contributed by atoms with van der Waals surface area (Å²) in [6.07, 6.45) is 0. The van der Waals surface area contributed by atoms with Crippen LogP contribution in [0, 0.1) is 13.8 Å². The number of hydrogen-bond acceptors (Lipinski definition) is 5. The Balaban J connectivity index is 2.85. The van der Waals surface area contributed by atoms with Gasteiger partial charge in [-0.2, -0.15) is 10.2 Å². The zero-order valence-corrected chi connectivity index (χ0v) is 9.45. The van der Waals surface area contributed by atoms with Gasteiger partial charge in [0, 0.05) is 6.61 Å². The van der Waals surface area contributed by atoms with Crippen LogP contribution < -0.4 is 11.3 Å². The molecule has 0 aliphatic rings. The van der Waals surface area contributed by atoms with Gasteiger partial charge in [-0.05, 0) is 32.4 Å². The molecule has 1 aromatic heterocycles. The van der Waals surface area contributed by atoms with Gasteiger partial charge in [0.2, 0.25) is 0 Å². The van der Waals surface area contributed by atoms with Gasteiger partial charge >= 0.3 is 0 Å². The Morgan fingerprint density at radius 3 is 2.80 bits per heavy atom. The van der Waals surface area contributed by atoms with E-state index in [1.54, 1.807) is 0 Å². The van der Waals surface area contributed by atoms with Gasteiger partial charge in [0.15, 0.2) is 0 Å². The molecule has 0 bridgehead atoms. The molecule has 0 amide bonds. The molecular formula is C10H18N4O. The van der Waals surface area contributed by atoms with E-state index in [2.05, 4.69) is 15.6 Å². The normalized spacial score (nSPS) is 12.8. The molecule has 0 aromatic carbocycles. The lowest BCUT2D eigenvalue weighted by atomic mass is 10.1. The largest absolute Gasteiger partial charge is 0.380 e. The van der Waals surface area contributed by atoms with Crippen molar-refractivity contribution < 1.29 is 4.74 Å². The smallest absolute Gasteiger partial charge is 0.0712 e. The van der Waals surface area contributed by atoms with Gasteiger partial charge in [-0.15, -0.1) is 0 Å². The molecule has 0 radical (unpaired) electrons. The van der Waals surface area contributed by atoms with Gasteiger partial charge in [-0.1, -0.05) is 0 Å². The topological polar surface area (TPSA) is 73.1 Å². The third-order valence-electron chi connectivity index (χ3n) is 2.21. The van der Waals surface area contributed by atoms with Crippen LogP contribution in [0.2, 0.25) is 0 Å². The van der Waals surface area contributed by atoms with Crippen molar-refractivity contribution in [2.75, 3.05) is 13.2 Å². The number of aryl methyl sites for hydroxylation is 2. The van der Waals surface area contributed by atoms with E-state index in [1.807, 2.05) is 26.8 Å². The standard InChI is InChI=1S/C10H18N4O/c1-4-15-6-10(12-11)9-5-7(2)13-14-8(9)3/h5,10,12H,4,6,11H2,1-3H3. The molecule has 15 heavy (non-hydrogen) atoms. The predicted octanol–water partition coefficient (Wildman–Crippen LogP) is 0.634. The lowest BCUT2D eigenvalue weighted by molar-refractivity contribution is 0.123. The first-order valence-corrected chi connectivity index (χ1v) is 5.03. The van der Waals surface area contributed by atoms with E-state index in [9.17, 15) is 0 Å². The molecule has 0 spiro atoms. The molecule has 5 heteroatoms. The predicted molar refractivity (Wildman–Crippen MR) is 58.1 cm³/mol. The third-order valence-corrected chi connectivity index (χ3v) is 2.21. The van der Waals surface area contributed by atoms with E-state index in [-0.39, 0.29) is 6.04 Å². The number of aromatic nitrogens is 2. The highest BCUT2D eigenvalue weighted by atomic mass is 16.5. The minimum atomic E-state index is -0.0286. The Hall–Kier alpha value is -1.04. The lowest BCUT2D eigenvalue weighted by Crippen LogP contribution is -2.32. The van der Waals surface area contributed by atoms with Gasteiger partial charge in [0.25, 0.3) is 0 Å². The second-order valence-electron chi connectivity index (χ2n) is 3.41. The summed E-state index contributed by atoms with van der Waals surface area (Å²) < 4.78 is 5.35. The minimum absolute atomic E-state index is 0.0286. The molecule has 1 atom stereocenters. The molecule has 1 aromatic rings. The Morgan fingerprint density at radius 2 is 2.20 bits per heavy atom. The van der Waals surface area contributed by atoms with Crippen LogP contribution in [0.15, 0.2) is 6.07 Å². The molecule has 1 heterocycles. The van der Waals surface area contributed by atoms with Crippen LogP contribution in [0.5, 0.6) is 0 Å². The average Bonchev–Trinajstić information content (AvgIpc) is 2.24. The zero-order valence-electron chi connectivity index (χ0n) is 9.45. The van der Waals surface area contributed by atoms with Gasteiger partial charge in [0.1, 0.15) is 0 Å². The summed E-state index contributed by atoms with van der Waals surface area (Å²) in [6.45, 7) is 6.99. The number of nitrogens with one attached hydrogen (secondary N) is 1. The summed E-state index contributed by atoms with van der Waals surface area (Å²) in [5.41, 5.74) is 5.53. The number of ether oxygens (including phenoxy) is 1. The van der Waals surface area contributed by atoms with E-state index in [4.69, 9.17) is 10.6 Å². The van der Waals surface area contributed by atoms with Crippen LogP contribution in [0.25, 0.3) is 0 Å². The van der Waals surface area contributed by atoms with Crippen molar-refractivity contribution in [3.63, 3.8) is 0 Å². The maximum absolute atomic E-state index is 5.49. The highest BCUT2D eigenvalue weighted by Gasteiger charge is 2.13. The molecule has 0 saturated carbocycles. The van der Waals surface area contributed by atoms with Crippen LogP contribution in [-0.2, 0) is 4.74 Å². The van der Waals surface area contributed by atoms with E-state index >= 15 is 0 Å². The van der Waals surface area contributed by atoms with Crippen molar-refractivity contribution in [1.82, 2.24) is 15.6 Å². The first-order valence-electron chi connectivity index (χ1n) is 5.03. The van der Waals surface area contributed by atoms with E-state index in [0.29, 0.717) is 13.2 Å². The average molecular weight is 210 g/mol. The van der Waals surface area contributed by atoms with Crippen LogP contribution in [0.1, 0.15) is 29.9 Å². The van der Waals surface area contributed by atoms with Crippen molar-refractivity contribution in [1.29, 1.82) is 0 Å². The Labute approximate surface area is 90.0 Å². The second-order valence-corrected chi connectivity index (χ2v) is 3.41. The van der Waals surface area contributed by atoms with E-state index < -0.39 is 0 Å². The first-order chi connectivity index (χ1) is 7.19. The van der Waals surface area contributed by atoms with Crippen molar-refractivity contribution in [2.24, 2.45) is 5.84 Å². The highest BCUT2D eigenvalue weighted by Crippen LogP contribution is 2.15. The fourth-order valence-electron chi connectivity index (χ4n) is 1.39. The zero-order chi connectivity index (χ0) is 11.3. The molecule has 3 N–H and O–H groups in total. The SMILES string of the molecule is CCOCC(NN)c1cc(C)nnc1C. The maximum Gasteiger partial charge on any atom is 0.0712 e. The maximum atomic E-state index is 5.49. The number of hydrogen-bond donors (Lipinski definition) is 2. The van der Waals surface area contributed by atoms with Crippen molar-refractivity contribution in [2.45, 2.75) is 26.8 Å². The minimum Gasteiger partial charge on any atom is -0.380 e. The molecular weight excluding hydrogens is 192 g/mol. The third kappa shape index (κ3) is 3.23. The Kier molecular flexibility index (Phi) is 4.61. The fraction of sp³-hybridized carbons (Fsp3) is 0.600. The van der Waals surface area contributed by atoms with Crippen LogP contribution >= 0.6 is 0 Å². The number of nitrogens with two attached hydrogens (primary N) is 1. The summed E-state index contributed by atoms with van der Waals surface area (Å²) >= 11 is 0. The van der Waals surface area contributed by atoms with Crippen LogP contribution in [0.4, 0.5) is 0 Å². The van der Waals surface area contributed by atoms with Gasteiger partial charge in [0.05, 0.1) is 24.0 Å². The molecule has 1 rings (SSSR count). The van der Waals surface area contributed by atoms with Crippen LogP contribution in [0.3, 0.4) is 0 Å². The number of rotatable bonds is 5. The Morgan fingerprint density at radius 1 is 1.47 bits per heavy atom. The van der Waals surface area contributed by atoms with Gasteiger partial charge < -0.3 is 4.74 Å². The monoisotopic (exact) mass is 210 g/mol. The highest BCUT2D eigenvalue weighted by molar-refractivity contribution is 5.23. The number of nitrogens with zero attached hydrogens (tertiary/aromatic N) is 2. The molecule has 1 unspecified atom stereocenters. The molecule has 0 aliphatic heterocycles. The fourth-order valence-corrected chi connectivity index (χ4v) is 1.39. The first kappa shape index (κ1) is 12.0. The molecule has 84 valence electrons. The van der Waals surface area contributed by atoms with E-state index in [0.717, 1.165) is 17.0 Å². The molecule has 5 nitrogen and oxygen atoms in total. The van der Waals surface area contributed by atoms with Crippen molar-refractivity contribution in [3.8, 4) is 0 Å². The Bertz CT molecular complexity index is 316. The number of hydrazine groups is 1. The summed E-state index contributed by atoms with van der Waals surface area (Å²) in [4.78, 5) is 0. The van der Waals surface area contributed by atoms with Gasteiger partial charge in [-0.3, -0.25) is 11.3 Å². The summed E-state index contributed by atoms with van der Waals surface area (Å²) in [6, 6.07) is 1.95. The molecule has 0 fully saturated rings. The van der Waals surface area contributed by atoms with Crippen LogP contribution in [-0.4, -0.2) is 23.4 Å². The lowest BCUT2D eigenvalue weighted by Gasteiger charge is -2.17. The quantitative estimate of drug-likeness (QED) is 0.551. The molecule has 0 aliphatic carbocycles.